The van der Waals surface area contributed by atoms with Crippen LogP contribution in [0.25, 0.3) is 22.6 Å². The molecule has 4 rings (SSSR count). The molecule has 0 spiro atoms. The molecule has 0 aliphatic heterocycles. The van der Waals surface area contributed by atoms with Crippen LogP contribution in [0.2, 0.25) is 5.02 Å². The Morgan fingerprint density at radius 2 is 2.11 bits per heavy atom. The highest BCUT2D eigenvalue weighted by atomic mass is 35.5. The number of fused-ring (bicyclic) bond motifs is 1. The lowest BCUT2D eigenvalue weighted by Crippen LogP contribution is -1.86. The molecule has 3 aromatic heterocycles. The van der Waals surface area contributed by atoms with Crippen LogP contribution in [-0.2, 0) is 0 Å². The van der Waals surface area contributed by atoms with E-state index in [9.17, 15) is 5.26 Å². The van der Waals surface area contributed by atoms with Gasteiger partial charge in [0.1, 0.15) is 5.03 Å². The number of halogens is 1. The summed E-state index contributed by atoms with van der Waals surface area (Å²) in [6, 6.07) is 15.6. The van der Waals surface area contributed by atoms with Gasteiger partial charge in [0.05, 0.1) is 11.6 Å². The van der Waals surface area contributed by atoms with Crippen molar-refractivity contribution in [3.63, 3.8) is 0 Å². The Morgan fingerprint density at radius 3 is 2.93 bits per heavy atom. The molecule has 27 heavy (non-hydrogen) atoms. The number of aromatic nitrogens is 3. The summed E-state index contributed by atoms with van der Waals surface area (Å²) in [4.78, 5) is 12.7. The molecular weight excluding hydrogens is 376 g/mol. The van der Waals surface area contributed by atoms with Crippen molar-refractivity contribution in [2.45, 2.75) is 9.92 Å². The number of nitrogens with one attached hydrogen (secondary N) is 1. The predicted molar refractivity (Wildman–Crippen MR) is 109 cm³/mol. The summed E-state index contributed by atoms with van der Waals surface area (Å²) < 4.78 is 0. The minimum Gasteiger partial charge on any atom is -0.361 e. The highest BCUT2D eigenvalue weighted by molar-refractivity contribution is 7.99. The fourth-order valence-electron chi connectivity index (χ4n) is 2.76. The summed E-state index contributed by atoms with van der Waals surface area (Å²) in [5.41, 5.74) is 3.15. The van der Waals surface area contributed by atoms with E-state index >= 15 is 0 Å². The molecule has 0 bridgehead atoms. The van der Waals surface area contributed by atoms with E-state index in [1.165, 1.54) is 11.8 Å². The van der Waals surface area contributed by atoms with Gasteiger partial charge in [0, 0.05) is 56.7 Å². The first-order valence-electron chi connectivity index (χ1n) is 8.16. The predicted octanol–water partition coefficient (Wildman–Crippen LogP) is 5.83. The first-order valence-corrected chi connectivity index (χ1v) is 9.36. The van der Waals surface area contributed by atoms with E-state index in [-0.39, 0.29) is 0 Å². The average molecular weight is 389 g/mol. The first-order chi connectivity index (χ1) is 13.2. The molecule has 1 aromatic carbocycles. The zero-order chi connectivity index (χ0) is 18.6. The second-order valence-electron chi connectivity index (χ2n) is 5.75. The van der Waals surface area contributed by atoms with Gasteiger partial charge >= 0.3 is 0 Å². The number of hydrogen-bond acceptors (Lipinski definition) is 4. The molecule has 0 aliphatic rings. The molecule has 3 heterocycles. The molecule has 4 nitrogen and oxygen atoms in total. The van der Waals surface area contributed by atoms with Gasteiger partial charge in [-0.05, 0) is 42.5 Å². The third-order valence-electron chi connectivity index (χ3n) is 4.02. The van der Waals surface area contributed by atoms with Gasteiger partial charge in [-0.3, -0.25) is 4.98 Å². The number of pyridine rings is 2. The van der Waals surface area contributed by atoms with Crippen molar-refractivity contribution in [1.29, 1.82) is 5.26 Å². The number of H-pyrrole nitrogens is 1. The van der Waals surface area contributed by atoms with Crippen LogP contribution in [0.1, 0.15) is 11.1 Å². The lowest BCUT2D eigenvalue weighted by Gasteiger charge is -2.05. The SMILES string of the molecule is N#CC(=Cc1cnccc1Sc1ccccn1)c1c[nH]c2ccc(Cl)cc12. The number of allylic oxidation sites excluding steroid dienone is 1. The zero-order valence-corrected chi connectivity index (χ0v) is 15.6. The van der Waals surface area contributed by atoms with Crippen molar-refractivity contribution in [3.05, 3.63) is 83.4 Å². The van der Waals surface area contributed by atoms with Gasteiger partial charge in [-0.1, -0.05) is 29.4 Å². The maximum Gasteiger partial charge on any atom is 0.101 e. The van der Waals surface area contributed by atoms with Crippen LogP contribution >= 0.6 is 23.4 Å². The molecule has 0 fully saturated rings. The molecule has 0 saturated carbocycles. The van der Waals surface area contributed by atoms with Crippen molar-refractivity contribution in [3.8, 4) is 6.07 Å². The smallest absolute Gasteiger partial charge is 0.101 e. The minimum absolute atomic E-state index is 0.541. The van der Waals surface area contributed by atoms with Crippen molar-refractivity contribution < 1.29 is 0 Å². The third kappa shape index (κ3) is 3.72. The Labute approximate surface area is 165 Å². The maximum atomic E-state index is 9.76. The van der Waals surface area contributed by atoms with Crippen LogP contribution in [0.4, 0.5) is 0 Å². The largest absolute Gasteiger partial charge is 0.361 e. The normalized spacial score (nSPS) is 11.5. The van der Waals surface area contributed by atoms with Crippen molar-refractivity contribution in [1.82, 2.24) is 15.0 Å². The molecule has 0 unspecified atom stereocenters. The molecule has 0 aliphatic carbocycles. The van der Waals surface area contributed by atoms with Crippen LogP contribution in [-0.4, -0.2) is 15.0 Å². The number of benzene rings is 1. The number of hydrogen-bond donors (Lipinski definition) is 1. The summed E-state index contributed by atoms with van der Waals surface area (Å²) in [6.45, 7) is 0. The topological polar surface area (TPSA) is 65.4 Å². The maximum absolute atomic E-state index is 9.76. The van der Waals surface area contributed by atoms with Crippen LogP contribution in [0.5, 0.6) is 0 Å². The Bertz CT molecular complexity index is 1180. The summed E-state index contributed by atoms with van der Waals surface area (Å²) in [7, 11) is 0. The number of nitriles is 1. The van der Waals surface area contributed by atoms with E-state index in [0.717, 1.165) is 32.0 Å². The summed E-state index contributed by atoms with van der Waals surface area (Å²) in [5, 5.41) is 12.2. The fourth-order valence-corrected chi connectivity index (χ4v) is 3.77. The molecule has 1 N–H and O–H groups in total. The monoisotopic (exact) mass is 388 g/mol. The lowest BCUT2D eigenvalue weighted by atomic mass is 10.0. The minimum atomic E-state index is 0.541. The van der Waals surface area contributed by atoms with Gasteiger partial charge < -0.3 is 4.98 Å². The van der Waals surface area contributed by atoms with E-state index in [1.807, 2.05) is 54.7 Å². The Balaban J connectivity index is 1.77. The number of aromatic amines is 1. The molecule has 0 amide bonds. The quantitative estimate of drug-likeness (QED) is 0.447. The zero-order valence-electron chi connectivity index (χ0n) is 14.1. The Hall–Kier alpha value is -3.07. The molecule has 0 saturated heterocycles. The highest BCUT2D eigenvalue weighted by Gasteiger charge is 2.11. The number of nitrogens with zero attached hydrogens (tertiary/aromatic N) is 3. The number of rotatable bonds is 4. The Morgan fingerprint density at radius 1 is 1.19 bits per heavy atom. The summed E-state index contributed by atoms with van der Waals surface area (Å²) in [6.07, 6.45) is 8.93. The van der Waals surface area contributed by atoms with Gasteiger partial charge in [-0.2, -0.15) is 5.26 Å². The van der Waals surface area contributed by atoms with E-state index in [1.54, 1.807) is 18.6 Å². The lowest BCUT2D eigenvalue weighted by molar-refractivity contribution is 1.13. The average Bonchev–Trinajstić information content (AvgIpc) is 3.11. The van der Waals surface area contributed by atoms with Crippen LogP contribution in [0.15, 0.2) is 77.2 Å². The molecule has 6 heteroatoms. The molecule has 130 valence electrons. The standard InChI is InChI=1S/C21H13ClN4S/c22-16-4-5-19-17(10-16)18(13-26-19)14(11-23)9-15-12-24-8-6-20(15)27-21-3-1-2-7-25-21/h1-10,12-13,26H. The van der Waals surface area contributed by atoms with Crippen LogP contribution in [0.3, 0.4) is 0 Å². The Kier molecular flexibility index (Phi) is 4.93. The fraction of sp³-hybridized carbons (Fsp3) is 0. The van der Waals surface area contributed by atoms with E-state index in [2.05, 4.69) is 21.0 Å². The van der Waals surface area contributed by atoms with E-state index < -0.39 is 0 Å². The molecule has 4 aromatic rings. The summed E-state index contributed by atoms with van der Waals surface area (Å²) in [5.74, 6) is 0. The van der Waals surface area contributed by atoms with Crippen LogP contribution in [0, 0.1) is 11.3 Å². The van der Waals surface area contributed by atoms with Gasteiger partial charge in [0.2, 0.25) is 0 Å². The highest BCUT2D eigenvalue weighted by Crippen LogP contribution is 2.32. The second kappa shape index (κ2) is 7.67. The first kappa shape index (κ1) is 17.3. The summed E-state index contributed by atoms with van der Waals surface area (Å²) >= 11 is 7.67. The molecule has 0 atom stereocenters. The van der Waals surface area contributed by atoms with Gasteiger partial charge in [0.15, 0.2) is 0 Å². The molecule has 0 radical (unpaired) electrons. The third-order valence-corrected chi connectivity index (χ3v) is 5.29. The second-order valence-corrected chi connectivity index (χ2v) is 7.24. The van der Waals surface area contributed by atoms with Crippen molar-refractivity contribution in [2.24, 2.45) is 0 Å². The van der Waals surface area contributed by atoms with E-state index in [0.29, 0.717) is 10.6 Å². The molecular formula is C21H13ClN4S. The van der Waals surface area contributed by atoms with E-state index in [4.69, 9.17) is 11.6 Å². The van der Waals surface area contributed by atoms with Crippen molar-refractivity contribution >= 4 is 45.9 Å². The van der Waals surface area contributed by atoms with Crippen molar-refractivity contribution in [2.75, 3.05) is 0 Å². The van der Waals surface area contributed by atoms with Crippen LogP contribution < -0.4 is 0 Å². The van der Waals surface area contributed by atoms with Gasteiger partial charge in [-0.15, -0.1) is 0 Å². The van der Waals surface area contributed by atoms with Gasteiger partial charge in [-0.25, -0.2) is 4.98 Å². The van der Waals surface area contributed by atoms with Gasteiger partial charge in [0.25, 0.3) is 0 Å².